The molecule has 5 rings (SSSR count). The number of alkyl halides is 3. The summed E-state index contributed by atoms with van der Waals surface area (Å²) in [6.45, 7) is 0.391. The molecule has 1 atom stereocenters. The van der Waals surface area contributed by atoms with Crippen LogP contribution in [0.25, 0.3) is 0 Å². The minimum atomic E-state index is -4.92. The van der Waals surface area contributed by atoms with Crippen molar-refractivity contribution in [3.05, 3.63) is 92.5 Å². The number of benzene rings is 3. The third kappa shape index (κ3) is 4.99. The summed E-state index contributed by atoms with van der Waals surface area (Å²) in [7, 11) is 0. The molecule has 202 valence electrons. The molecule has 0 saturated heterocycles. The molecule has 0 spiro atoms. The first kappa shape index (κ1) is 26.4. The van der Waals surface area contributed by atoms with Crippen LogP contribution >= 0.6 is 11.6 Å². The standard InChI is InChI=1S/C26H17ClF5N3O4/c27-17-3-2-13(28)9-15(17)21-19-18(34-23(36)11-6-12(26(30,31)32)8-14(29)7-11)10-16-22(20(19)25(38)35-21)39-5-1-4-33-24(16)37/h2-3,6-10,21H,1,4-5H2,(H,33,37)(H,34,36)(H,35,38). The molecule has 0 fully saturated rings. The van der Waals surface area contributed by atoms with Crippen LogP contribution in [-0.4, -0.2) is 30.9 Å². The average Bonchev–Trinajstić information content (AvgIpc) is 3.21. The summed E-state index contributed by atoms with van der Waals surface area (Å²) in [5, 5.41) is 7.73. The van der Waals surface area contributed by atoms with Crippen molar-refractivity contribution in [1.29, 1.82) is 0 Å². The van der Waals surface area contributed by atoms with Gasteiger partial charge < -0.3 is 20.7 Å². The van der Waals surface area contributed by atoms with Crippen molar-refractivity contribution in [3.63, 3.8) is 0 Å². The molecule has 0 bridgehead atoms. The molecule has 1 unspecified atom stereocenters. The maximum absolute atomic E-state index is 14.2. The van der Waals surface area contributed by atoms with Gasteiger partial charge in [-0.3, -0.25) is 14.4 Å². The molecule has 3 aromatic carbocycles. The van der Waals surface area contributed by atoms with Crippen LogP contribution in [-0.2, 0) is 6.18 Å². The van der Waals surface area contributed by atoms with Crippen molar-refractivity contribution in [1.82, 2.24) is 10.6 Å². The lowest BCUT2D eigenvalue weighted by Crippen LogP contribution is -2.29. The second-order valence-electron chi connectivity index (χ2n) is 8.80. The van der Waals surface area contributed by atoms with Crippen LogP contribution in [0.4, 0.5) is 27.6 Å². The Morgan fingerprint density at radius 1 is 1.03 bits per heavy atom. The van der Waals surface area contributed by atoms with E-state index in [1.165, 1.54) is 12.1 Å². The van der Waals surface area contributed by atoms with Gasteiger partial charge in [-0.1, -0.05) is 11.6 Å². The first-order chi connectivity index (χ1) is 18.4. The van der Waals surface area contributed by atoms with Crippen molar-refractivity contribution >= 4 is 35.0 Å². The Hall–Kier alpha value is -4.19. The third-order valence-electron chi connectivity index (χ3n) is 6.21. The van der Waals surface area contributed by atoms with Crippen LogP contribution in [0.2, 0.25) is 5.02 Å². The Kier molecular flexibility index (Phi) is 6.67. The summed E-state index contributed by atoms with van der Waals surface area (Å²) >= 11 is 6.29. The van der Waals surface area contributed by atoms with E-state index in [1.54, 1.807) is 0 Å². The van der Waals surface area contributed by atoms with E-state index in [2.05, 4.69) is 16.0 Å². The highest BCUT2D eigenvalue weighted by molar-refractivity contribution is 6.31. The molecule has 2 aliphatic rings. The average molecular weight is 566 g/mol. The molecular weight excluding hydrogens is 549 g/mol. The quantitative estimate of drug-likeness (QED) is 0.379. The number of carbonyl (C=O) groups excluding carboxylic acids is 3. The number of amides is 3. The lowest BCUT2D eigenvalue weighted by molar-refractivity contribution is -0.137. The fourth-order valence-corrected chi connectivity index (χ4v) is 4.72. The van der Waals surface area contributed by atoms with Gasteiger partial charge in [0.05, 0.1) is 29.3 Å². The van der Waals surface area contributed by atoms with Crippen LogP contribution in [0.5, 0.6) is 5.75 Å². The normalized spacial score (nSPS) is 16.7. The Morgan fingerprint density at radius 3 is 2.54 bits per heavy atom. The molecule has 3 N–H and O–H groups in total. The molecule has 2 heterocycles. The zero-order chi connectivity index (χ0) is 28.1. The van der Waals surface area contributed by atoms with Crippen molar-refractivity contribution in [2.75, 3.05) is 18.5 Å². The lowest BCUT2D eigenvalue weighted by Gasteiger charge is -2.22. The van der Waals surface area contributed by atoms with Gasteiger partial charge >= 0.3 is 6.18 Å². The van der Waals surface area contributed by atoms with Gasteiger partial charge in [0, 0.05) is 33.9 Å². The first-order valence-corrected chi connectivity index (χ1v) is 11.9. The Bertz CT molecular complexity index is 1540. The second-order valence-corrected chi connectivity index (χ2v) is 9.21. The lowest BCUT2D eigenvalue weighted by atomic mass is 9.93. The summed E-state index contributed by atoms with van der Waals surface area (Å²) in [5.41, 5.74) is -2.33. The SMILES string of the molecule is O=C(Nc1cc2c(c3c1C(c1cc(F)ccc1Cl)NC3=O)OCCCNC2=O)c1cc(F)cc(C(F)(F)F)c1. The number of hydrogen-bond acceptors (Lipinski definition) is 4. The van der Waals surface area contributed by atoms with Gasteiger partial charge in [0.25, 0.3) is 17.7 Å². The van der Waals surface area contributed by atoms with Crippen molar-refractivity contribution in [2.45, 2.75) is 18.6 Å². The molecule has 2 aliphatic heterocycles. The van der Waals surface area contributed by atoms with Crippen LogP contribution in [0.3, 0.4) is 0 Å². The van der Waals surface area contributed by atoms with Gasteiger partial charge in [-0.2, -0.15) is 13.2 Å². The Morgan fingerprint density at radius 2 is 1.79 bits per heavy atom. The van der Waals surface area contributed by atoms with Gasteiger partial charge in [-0.25, -0.2) is 8.78 Å². The number of hydrogen-bond donors (Lipinski definition) is 3. The minimum Gasteiger partial charge on any atom is -0.492 e. The molecule has 13 heteroatoms. The topological polar surface area (TPSA) is 96.5 Å². The van der Waals surface area contributed by atoms with Gasteiger partial charge in [0.2, 0.25) is 0 Å². The number of fused-ring (bicyclic) bond motifs is 3. The summed E-state index contributed by atoms with van der Waals surface area (Å²) < 4.78 is 73.6. The zero-order valence-corrected chi connectivity index (χ0v) is 20.4. The zero-order valence-electron chi connectivity index (χ0n) is 19.6. The molecule has 0 saturated carbocycles. The van der Waals surface area contributed by atoms with Crippen molar-refractivity contribution < 1.29 is 41.1 Å². The molecule has 0 aliphatic carbocycles. The molecule has 39 heavy (non-hydrogen) atoms. The Balaban J connectivity index is 1.69. The van der Waals surface area contributed by atoms with E-state index in [4.69, 9.17) is 16.3 Å². The van der Waals surface area contributed by atoms with Crippen LogP contribution in [0.1, 0.15) is 60.2 Å². The van der Waals surface area contributed by atoms with E-state index < -0.39 is 52.7 Å². The second kappa shape index (κ2) is 9.84. The summed E-state index contributed by atoms with van der Waals surface area (Å²) in [6.07, 6.45) is -4.49. The van der Waals surface area contributed by atoms with Crippen molar-refractivity contribution in [2.24, 2.45) is 0 Å². The van der Waals surface area contributed by atoms with Gasteiger partial charge in [0.1, 0.15) is 17.4 Å². The summed E-state index contributed by atoms with van der Waals surface area (Å²) in [6, 6.07) is 4.81. The molecular formula is C26H17ClF5N3O4. The van der Waals surface area contributed by atoms with E-state index in [9.17, 15) is 36.3 Å². The fourth-order valence-electron chi connectivity index (χ4n) is 4.49. The van der Waals surface area contributed by atoms with E-state index in [0.717, 1.165) is 12.1 Å². The number of carbonyl (C=O) groups is 3. The number of rotatable bonds is 3. The van der Waals surface area contributed by atoms with Crippen LogP contribution < -0.4 is 20.7 Å². The number of ether oxygens (including phenoxy) is 1. The molecule has 0 radical (unpaired) electrons. The van der Waals surface area contributed by atoms with E-state index >= 15 is 0 Å². The largest absolute Gasteiger partial charge is 0.492 e. The summed E-state index contributed by atoms with van der Waals surface area (Å²) in [5.74, 6) is -4.57. The van der Waals surface area contributed by atoms with Crippen LogP contribution in [0.15, 0.2) is 42.5 Å². The number of nitrogens with one attached hydrogen (secondary N) is 3. The third-order valence-corrected chi connectivity index (χ3v) is 6.56. The predicted molar refractivity (Wildman–Crippen MR) is 129 cm³/mol. The van der Waals surface area contributed by atoms with Gasteiger partial charge in [0.15, 0.2) is 0 Å². The summed E-state index contributed by atoms with van der Waals surface area (Å²) in [4.78, 5) is 39.1. The highest BCUT2D eigenvalue weighted by atomic mass is 35.5. The molecule has 0 aromatic heterocycles. The monoisotopic (exact) mass is 565 g/mol. The minimum absolute atomic E-state index is 0.0421. The highest BCUT2D eigenvalue weighted by Gasteiger charge is 2.40. The smallest absolute Gasteiger partial charge is 0.416 e. The maximum Gasteiger partial charge on any atom is 0.416 e. The maximum atomic E-state index is 14.2. The van der Waals surface area contributed by atoms with E-state index in [0.29, 0.717) is 18.6 Å². The van der Waals surface area contributed by atoms with E-state index in [-0.39, 0.29) is 57.9 Å². The van der Waals surface area contributed by atoms with Gasteiger partial charge in [-0.05, 0) is 48.9 Å². The Labute approximate surface area is 222 Å². The highest BCUT2D eigenvalue weighted by Crippen LogP contribution is 2.45. The number of anilines is 1. The van der Waals surface area contributed by atoms with Gasteiger partial charge in [-0.15, -0.1) is 0 Å². The molecule has 3 aromatic rings. The number of halogens is 6. The van der Waals surface area contributed by atoms with Crippen molar-refractivity contribution in [3.8, 4) is 5.75 Å². The molecule has 7 nitrogen and oxygen atoms in total. The van der Waals surface area contributed by atoms with Crippen LogP contribution in [0, 0.1) is 11.6 Å². The van der Waals surface area contributed by atoms with E-state index in [1.807, 2.05) is 0 Å². The predicted octanol–water partition coefficient (Wildman–Crippen LogP) is 5.23. The first-order valence-electron chi connectivity index (χ1n) is 11.5. The molecule has 3 amide bonds. The fraction of sp³-hybridized carbons (Fsp3) is 0.192.